The Labute approximate surface area is 112 Å². The van der Waals surface area contributed by atoms with Crippen LogP contribution in [0.1, 0.15) is 30.3 Å². The molecule has 2 aromatic rings. The molecular formula is C13H17ClN4. The van der Waals surface area contributed by atoms with Gasteiger partial charge in [0.15, 0.2) is 0 Å². The van der Waals surface area contributed by atoms with Gasteiger partial charge in [0.2, 0.25) is 0 Å². The lowest BCUT2D eigenvalue weighted by Gasteiger charge is -2.10. The summed E-state index contributed by atoms with van der Waals surface area (Å²) in [6, 6.07) is 5.79. The van der Waals surface area contributed by atoms with Crippen molar-refractivity contribution in [2.45, 2.75) is 33.2 Å². The van der Waals surface area contributed by atoms with Crippen LogP contribution in [0.2, 0.25) is 5.02 Å². The first kappa shape index (κ1) is 13.1. The maximum atomic E-state index is 6.15. The molecule has 0 atom stereocenters. The Morgan fingerprint density at radius 3 is 2.83 bits per heavy atom. The first-order chi connectivity index (χ1) is 8.69. The molecule has 0 saturated carbocycles. The Kier molecular flexibility index (Phi) is 3.99. The van der Waals surface area contributed by atoms with E-state index >= 15 is 0 Å². The zero-order chi connectivity index (χ0) is 13.1. The number of nitrogens with two attached hydrogens (primary N) is 1. The Bertz CT molecular complexity index is 548. The normalized spacial score (nSPS) is 10.9. The van der Waals surface area contributed by atoms with Crippen LogP contribution in [0.25, 0.3) is 5.69 Å². The molecule has 1 aromatic heterocycles. The third-order valence-corrected chi connectivity index (χ3v) is 3.40. The number of benzene rings is 1. The van der Waals surface area contributed by atoms with Crippen LogP contribution in [-0.4, -0.2) is 15.0 Å². The summed E-state index contributed by atoms with van der Waals surface area (Å²) >= 11 is 6.15. The van der Waals surface area contributed by atoms with Crippen molar-refractivity contribution in [2.75, 3.05) is 0 Å². The molecule has 0 amide bonds. The highest BCUT2D eigenvalue weighted by Crippen LogP contribution is 2.23. The Hall–Kier alpha value is -1.39. The highest BCUT2D eigenvalue weighted by atomic mass is 35.5. The molecular weight excluding hydrogens is 248 g/mol. The highest BCUT2D eigenvalue weighted by Gasteiger charge is 2.14. The van der Waals surface area contributed by atoms with Gasteiger partial charge in [-0.25, -0.2) is 4.68 Å². The van der Waals surface area contributed by atoms with E-state index in [1.165, 1.54) is 0 Å². The molecule has 96 valence electrons. The van der Waals surface area contributed by atoms with Crippen LogP contribution >= 0.6 is 11.6 Å². The van der Waals surface area contributed by atoms with Gasteiger partial charge in [-0.3, -0.25) is 0 Å². The molecule has 18 heavy (non-hydrogen) atoms. The van der Waals surface area contributed by atoms with Gasteiger partial charge in [0, 0.05) is 11.6 Å². The number of nitrogens with zero attached hydrogens (tertiary/aromatic N) is 3. The van der Waals surface area contributed by atoms with Gasteiger partial charge in [-0.05, 0) is 31.0 Å². The SMILES string of the molecule is CCCc1c(CN)nnn1-c1cccc(Cl)c1C. The number of hydrogen-bond acceptors (Lipinski definition) is 3. The molecule has 5 heteroatoms. The number of halogens is 1. The molecule has 0 fully saturated rings. The van der Waals surface area contributed by atoms with Crippen LogP contribution in [-0.2, 0) is 13.0 Å². The summed E-state index contributed by atoms with van der Waals surface area (Å²) in [4.78, 5) is 0. The first-order valence-corrected chi connectivity index (χ1v) is 6.45. The average molecular weight is 265 g/mol. The molecule has 0 saturated heterocycles. The van der Waals surface area contributed by atoms with Gasteiger partial charge < -0.3 is 5.73 Å². The van der Waals surface area contributed by atoms with E-state index in [0.717, 1.165) is 40.5 Å². The van der Waals surface area contributed by atoms with E-state index in [4.69, 9.17) is 17.3 Å². The molecule has 0 aliphatic carbocycles. The predicted molar refractivity (Wildman–Crippen MR) is 73.0 cm³/mol. The summed E-state index contributed by atoms with van der Waals surface area (Å²) in [5.74, 6) is 0. The van der Waals surface area contributed by atoms with Gasteiger partial charge in [-0.15, -0.1) is 5.10 Å². The van der Waals surface area contributed by atoms with Gasteiger partial charge in [0.1, 0.15) is 0 Å². The number of hydrogen-bond donors (Lipinski definition) is 1. The fourth-order valence-corrected chi connectivity index (χ4v) is 2.17. The lowest BCUT2D eigenvalue weighted by atomic mass is 10.1. The van der Waals surface area contributed by atoms with E-state index in [9.17, 15) is 0 Å². The van der Waals surface area contributed by atoms with Gasteiger partial charge in [0.25, 0.3) is 0 Å². The zero-order valence-corrected chi connectivity index (χ0v) is 11.4. The Balaban J connectivity index is 2.56. The second-order valence-electron chi connectivity index (χ2n) is 4.23. The van der Waals surface area contributed by atoms with Gasteiger partial charge in [0.05, 0.1) is 17.1 Å². The first-order valence-electron chi connectivity index (χ1n) is 6.08. The maximum Gasteiger partial charge on any atom is 0.0999 e. The molecule has 4 nitrogen and oxygen atoms in total. The molecule has 1 aromatic carbocycles. The minimum absolute atomic E-state index is 0.412. The van der Waals surface area contributed by atoms with Crippen LogP contribution < -0.4 is 5.73 Å². The van der Waals surface area contributed by atoms with Crippen molar-refractivity contribution in [1.29, 1.82) is 0 Å². The average Bonchev–Trinajstić information content (AvgIpc) is 2.76. The highest BCUT2D eigenvalue weighted by molar-refractivity contribution is 6.31. The summed E-state index contributed by atoms with van der Waals surface area (Å²) in [5.41, 5.74) is 9.61. The zero-order valence-electron chi connectivity index (χ0n) is 10.7. The van der Waals surface area contributed by atoms with E-state index in [1.54, 1.807) is 0 Å². The Morgan fingerprint density at radius 2 is 2.17 bits per heavy atom. The van der Waals surface area contributed by atoms with Crippen molar-refractivity contribution in [3.8, 4) is 5.69 Å². The lowest BCUT2D eigenvalue weighted by Crippen LogP contribution is -2.07. The Morgan fingerprint density at radius 1 is 1.39 bits per heavy atom. The molecule has 0 aliphatic rings. The number of rotatable bonds is 4. The quantitative estimate of drug-likeness (QED) is 0.924. The lowest BCUT2D eigenvalue weighted by molar-refractivity contribution is 0.742. The van der Waals surface area contributed by atoms with Crippen molar-refractivity contribution >= 4 is 11.6 Å². The van der Waals surface area contributed by atoms with Crippen LogP contribution in [0.5, 0.6) is 0 Å². The molecule has 2 rings (SSSR count). The summed E-state index contributed by atoms with van der Waals surface area (Å²) < 4.78 is 1.85. The standard InChI is InChI=1S/C13H17ClN4/c1-3-5-13-11(8-15)16-17-18(13)12-7-4-6-10(14)9(12)2/h4,6-7H,3,5,8,15H2,1-2H3. The molecule has 0 radical (unpaired) electrons. The van der Waals surface area contributed by atoms with E-state index < -0.39 is 0 Å². The van der Waals surface area contributed by atoms with E-state index in [0.29, 0.717) is 6.54 Å². The summed E-state index contributed by atoms with van der Waals surface area (Å²) in [5, 5.41) is 9.09. The minimum Gasteiger partial charge on any atom is -0.325 e. The largest absolute Gasteiger partial charge is 0.325 e. The minimum atomic E-state index is 0.412. The van der Waals surface area contributed by atoms with Crippen LogP contribution in [0.3, 0.4) is 0 Å². The number of aromatic nitrogens is 3. The van der Waals surface area contributed by atoms with Crippen LogP contribution in [0.4, 0.5) is 0 Å². The molecule has 2 N–H and O–H groups in total. The summed E-state index contributed by atoms with van der Waals surface area (Å²) in [6.07, 6.45) is 1.94. The van der Waals surface area contributed by atoms with Crippen molar-refractivity contribution in [1.82, 2.24) is 15.0 Å². The monoisotopic (exact) mass is 264 g/mol. The van der Waals surface area contributed by atoms with E-state index in [1.807, 2.05) is 29.8 Å². The predicted octanol–water partition coefficient (Wildman–Crippen LogP) is 2.64. The van der Waals surface area contributed by atoms with Crippen LogP contribution in [0, 0.1) is 6.92 Å². The third kappa shape index (κ3) is 2.26. The molecule has 1 heterocycles. The van der Waals surface area contributed by atoms with Gasteiger partial charge >= 0.3 is 0 Å². The maximum absolute atomic E-state index is 6.15. The van der Waals surface area contributed by atoms with Gasteiger partial charge in [-0.1, -0.05) is 36.2 Å². The van der Waals surface area contributed by atoms with Crippen LogP contribution in [0.15, 0.2) is 18.2 Å². The van der Waals surface area contributed by atoms with Crippen molar-refractivity contribution in [3.63, 3.8) is 0 Å². The van der Waals surface area contributed by atoms with Crippen molar-refractivity contribution in [2.24, 2.45) is 5.73 Å². The topological polar surface area (TPSA) is 56.7 Å². The molecule has 0 unspecified atom stereocenters. The summed E-state index contributed by atoms with van der Waals surface area (Å²) in [7, 11) is 0. The second-order valence-corrected chi connectivity index (χ2v) is 4.64. The van der Waals surface area contributed by atoms with Crippen molar-refractivity contribution < 1.29 is 0 Å². The third-order valence-electron chi connectivity index (χ3n) is 2.99. The summed E-state index contributed by atoms with van der Waals surface area (Å²) in [6.45, 7) is 4.52. The molecule has 0 aliphatic heterocycles. The fraction of sp³-hybridized carbons (Fsp3) is 0.385. The van der Waals surface area contributed by atoms with E-state index in [2.05, 4.69) is 17.2 Å². The van der Waals surface area contributed by atoms with E-state index in [-0.39, 0.29) is 0 Å². The molecule has 0 spiro atoms. The fourth-order valence-electron chi connectivity index (χ4n) is 2.00. The molecule has 0 bridgehead atoms. The van der Waals surface area contributed by atoms with Gasteiger partial charge in [-0.2, -0.15) is 0 Å². The second kappa shape index (κ2) is 5.50. The smallest absolute Gasteiger partial charge is 0.0999 e. The van der Waals surface area contributed by atoms with Crippen molar-refractivity contribution in [3.05, 3.63) is 40.2 Å².